The number of amides is 2. The second-order valence-electron chi connectivity index (χ2n) is 6.09. The van der Waals surface area contributed by atoms with Gasteiger partial charge in [-0.2, -0.15) is 0 Å². The molecule has 2 aromatic heterocycles. The van der Waals surface area contributed by atoms with E-state index >= 15 is 0 Å². The highest BCUT2D eigenvalue weighted by Gasteiger charge is 2.19. The van der Waals surface area contributed by atoms with Crippen LogP contribution in [0, 0.1) is 6.92 Å². The minimum atomic E-state index is -0.634. The molecule has 0 radical (unpaired) electrons. The van der Waals surface area contributed by atoms with Crippen LogP contribution in [-0.2, 0) is 16.1 Å². The Bertz CT molecular complexity index is 1180. The number of nitrogens with one attached hydrogen (secondary N) is 1. The van der Waals surface area contributed by atoms with E-state index in [-0.39, 0.29) is 34.7 Å². The average molecular weight is 414 g/mol. The van der Waals surface area contributed by atoms with Crippen LogP contribution in [0.5, 0.6) is 0 Å². The summed E-state index contributed by atoms with van der Waals surface area (Å²) in [5.74, 6) is -1.71. The number of thiophene rings is 1. The van der Waals surface area contributed by atoms with Crippen LogP contribution in [-0.4, -0.2) is 33.9 Å². The highest BCUT2D eigenvalue weighted by Crippen LogP contribution is 2.26. The van der Waals surface area contributed by atoms with E-state index in [4.69, 9.17) is 10.5 Å². The molecular weight excluding hydrogens is 396 g/mol. The van der Waals surface area contributed by atoms with Gasteiger partial charge in [-0.05, 0) is 31.5 Å². The maximum Gasteiger partial charge on any atom is 0.340 e. The number of benzene rings is 1. The van der Waals surface area contributed by atoms with E-state index in [2.05, 4.69) is 10.3 Å². The van der Waals surface area contributed by atoms with Gasteiger partial charge in [0.15, 0.2) is 0 Å². The molecule has 2 heterocycles. The fourth-order valence-corrected chi connectivity index (χ4v) is 3.82. The van der Waals surface area contributed by atoms with Crippen molar-refractivity contribution in [2.24, 2.45) is 5.73 Å². The van der Waals surface area contributed by atoms with Crippen molar-refractivity contribution >= 4 is 45.0 Å². The van der Waals surface area contributed by atoms with Crippen molar-refractivity contribution in [3.63, 3.8) is 0 Å². The van der Waals surface area contributed by atoms with Crippen LogP contribution in [0.4, 0.5) is 5.69 Å². The molecule has 0 bridgehead atoms. The number of esters is 1. The molecule has 0 unspecified atom stereocenters. The molecule has 29 heavy (non-hydrogen) atoms. The van der Waals surface area contributed by atoms with Gasteiger partial charge in [0.2, 0.25) is 5.91 Å². The van der Waals surface area contributed by atoms with Crippen molar-refractivity contribution in [3.8, 4) is 0 Å². The summed E-state index contributed by atoms with van der Waals surface area (Å²) in [4.78, 5) is 53.6. The zero-order valence-corrected chi connectivity index (χ0v) is 16.5. The molecule has 0 atom stereocenters. The number of carbonyl (C=O) groups excluding carboxylic acids is 3. The molecule has 0 spiro atoms. The number of rotatable bonds is 6. The van der Waals surface area contributed by atoms with Crippen LogP contribution in [0.2, 0.25) is 0 Å². The summed E-state index contributed by atoms with van der Waals surface area (Å²) in [7, 11) is 0. The predicted octanol–water partition coefficient (Wildman–Crippen LogP) is 1.68. The van der Waals surface area contributed by atoms with Gasteiger partial charge in [0.1, 0.15) is 11.4 Å². The molecule has 2 amide bonds. The van der Waals surface area contributed by atoms with E-state index in [0.717, 1.165) is 15.9 Å². The molecule has 0 saturated heterocycles. The lowest BCUT2D eigenvalue weighted by Crippen LogP contribution is -2.28. The number of aromatic nitrogens is 2. The van der Waals surface area contributed by atoms with E-state index < -0.39 is 23.3 Å². The van der Waals surface area contributed by atoms with Crippen LogP contribution in [0.1, 0.15) is 32.5 Å². The number of aryl methyl sites for hydroxylation is 1. The monoisotopic (exact) mass is 414 g/mol. The number of carbonyl (C=O) groups is 3. The van der Waals surface area contributed by atoms with Crippen molar-refractivity contribution in [2.45, 2.75) is 20.4 Å². The zero-order valence-electron chi connectivity index (χ0n) is 15.7. The third-order valence-corrected chi connectivity index (χ3v) is 5.37. The van der Waals surface area contributed by atoms with Gasteiger partial charge in [-0.3, -0.25) is 19.0 Å². The number of nitrogens with zero attached hydrogens (tertiary/aromatic N) is 2. The number of fused-ring (bicyclic) bond motifs is 1. The maximum atomic E-state index is 12.8. The summed E-state index contributed by atoms with van der Waals surface area (Å²) in [5.41, 5.74) is 5.80. The molecule has 10 heteroatoms. The predicted molar refractivity (Wildman–Crippen MR) is 108 cm³/mol. The first kappa shape index (κ1) is 20.2. The number of hydrogen-bond donors (Lipinski definition) is 2. The standard InChI is InChI=1S/C19H18N4O5S/c1-3-28-19(27)11-6-4-5-7-12(11)22-13(24)8-23-9-21-17-14(18(23)26)10(2)15(29-17)16(20)25/h4-7,9H,3,8H2,1-2H3,(H2,20,25)(H,22,24). The highest BCUT2D eigenvalue weighted by molar-refractivity contribution is 7.20. The van der Waals surface area contributed by atoms with Gasteiger partial charge in [-0.25, -0.2) is 9.78 Å². The first-order valence-corrected chi connectivity index (χ1v) is 9.49. The summed E-state index contributed by atoms with van der Waals surface area (Å²) in [6, 6.07) is 6.42. The Morgan fingerprint density at radius 1 is 1.28 bits per heavy atom. The van der Waals surface area contributed by atoms with Crippen LogP contribution in [0.3, 0.4) is 0 Å². The molecule has 0 fully saturated rings. The molecule has 3 rings (SSSR count). The van der Waals surface area contributed by atoms with Gasteiger partial charge in [0.05, 0.1) is 34.4 Å². The Morgan fingerprint density at radius 3 is 2.69 bits per heavy atom. The van der Waals surface area contributed by atoms with E-state index in [1.807, 2.05) is 0 Å². The number of anilines is 1. The van der Waals surface area contributed by atoms with Crippen molar-refractivity contribution in [1.29, 1.82) is 0 Å². The fourth-order valence-electron chi connectivity index (χ4n) is 2.83. The number of para-hydroxylation sites is 1. The molecule has 0 aliphatic rings. The Balaban J connectivity index is 1.87. The van der Waals surface area contributed by atoms with Crippen molar-refractivity contribution in [3.05, 3.63) is 57.0 Å². The number of primary amides is 1. The quantitative estimate of drug-likeness (QED) is 0.590. The second kappa shape index (κ2) is 8.23. The van der Waals surface area contributed by atoms with E-state index in [1.165, 1.54) is 12.4 Å². The molecular formula is C19H18N4O5S. The minimum Gasteiger partial charge on any atom is -0.462 e. The van der Waals surface area contributed by atoms with Gasteiger partial charge in [0, 0.05) is 0 Å². The third-order valence-electron chi connectivity index (χ3n) is 4.15. The van der Waals surface area contributed by atoms with Gasteiger partial charge in [-0.15, -0.1) is 11.3 Å². The van der Waals surface area contributed by atoms with E-state index in [9.17, 15) is 19.2 Å². The lowest BCUT2D eigenvalue weighted by Gasteiger charge is -2.11. The van der Waals surface area contributed by atoms with Gasteiger partial charge < -0.3 is 15.8 Å². The number of nitrogens with two attached hydrogens (primary N) is 1. The molecule has 3 N–H and O–H groups in total. The first-order chi connectivity index (χ1) is 13.8. The van der Waals surface area contributed by atoms with Gasteiger partial charge in [-0.1, -0.05) is 12.1 Å². The molecule has 0 saturated carbocycles. The van der Waals surface area contributed by atoms with Gasteiger partial charge >= 0.3 is 5.97 Å². The molecule has 0 aliphatic heterocycles. The molecule has 0 aliphatic carbocycles. The topological polar surface area (TPSA) is 133 Å². The summed E-state index contributed by atoms with van der Waals surface area (Å²) >= 11 is 1.04. The van der Waals surface area contributed by atoms with Gasteiger partial charge in [0.25, 0.3) is 11.5 Å². The fraction of sp³-hybridized carbons (Fsp3) is 0.211. The van der Waals surface area contributed by atoms with Crippen LogP contribution in [0.25, 0.3) is 10.2 Å². The van der Waals surface area contributed by atoms with Crippen molar-refractivity contribution < 1.29 is 19.1 Å². The summed E-state index contributed by atoms with van der Waals surface area (Å²) in [5, 5.41) is 2.87. The van der Waals surface area contributed by atoms with Crippen LogP contribution >= 0.6 is 11.3 Å². The third kappa shape index (κ3) is 4.02. The zero-order chi connectivity index (χ0) is 21.1. The lowest BCUT2D eigenvalue weighted by atomic mass is 10.2. The average Bonchev–Trinajstić information content (AvgIpc) is 3.02. The second-order valence-corrected chi connectivity index (χ2v) is 7.09. The minimum absolute atomic E-state index is 0.204. The normalized spacial score (nSPS) is 10.7. The lowest BCUT2D eigenvalue weighted by molar-refractivity contribution is -0.116. The molecule has 9 nitrogen and oxygen atoms in total. The summed E-state index contributed by atoms with van der Waals surface area (Å²) in [6.07, 6.45) is 1.24. The summed E-state index contributed by atoms with van der Waals surface area (Å²) in [6.45, 7) is 3.18. The highest BCUT2D eigenvalue weighted by atomic mass is 32.1. The van der Waals surface area contributed by atoms with Crippen LogP contribution < -0.4 is 16.6 Å². The van der Waals surface area contributed by atoms with Crippen molar-refractivity contribution in [2.75, 3.05) is 11.9 Å². The maximum absolute atomic E-state index is 12.8. The molecule has 1 aromatic carbocycles. The van der Waals surface area contributed by atoms with Crippen molar-refractivity contribution in [1.82, 2.24) is 9.55 Å². The number of hydrogen-bond acceptors (Lipinski definition) is 7. The van der Waals surface area contributed by atoms with E-state index in [1.54, 1.807) is 32.0 Å². The van der Waals surface area contributed by atoms with E-state index in [0.29, 0.717) is 10.4 Å². The number of ether oxygens (including phenoxy) is 1. The Hall–Kier alpha value is -3.53. The first-order valence-electron chi connectivity index (χ1n) is 8.67. The Morgan fingerprint density at radius 2 is 2.00 bits per heavy atom. The Kier molecular flexibility index (Phi) is 5.74. The Labute approximate surface area is 169 Å². The smallest absolute Gasteiger partial charge is 0.340 e. The molecule has 3 aromatic rings. The van der Waals surface area contributed by atoms with Crippen LogP contribution in [0.15, 0.2) is 35.4 Å². The largest absolute Gasteiger partial charge is 0.462 e. The molecule has 150 valence electrons. The summed E-state index contributed by atoms with van der Waals surface area (Å²) < 4.78 is 6.11. The SMILES string of the molecule is CCOC(=O)c1ccccc1NC(=O)Cn1cnc2sc(C(N)=O)c(C)c2c1=O.